The molecule has 108 valence electrons. The van der Waals surface area contributed by atoms with E-state index < -0.39 is 0 Å². The van der Waals surface area contributed by atoms with E-state index in [1.54, 1.807) is 18.0 Å². The Morgan fingerprint density at radius 1 is 1.14 bits per heavy atom. The number of alkyl halides is 1. The van der Waals surface area contributed by atoms with Crippen molar-refractivity contribution >= 4 is 27.5 Å². The van der Waals surface area contributed by atoms with Crippen LogP contribution in [0.2, 0.25) is 0 Å². The van der Waals surface area contributed by atoms with Crippen molar-refractivity contribution in [2.75, 3.05) is 11.9 Å². The fraction of sp³-hybridized carbons (Fsp3) is 0.235. The molecule has 1 atom stereocenters. The molecular weight excluding hydrogens is 333 g/mol. The Morgan fingerprint density at radius 3 is 2.67 bits per heavy atom. The zero-order valence-electron chi connectivity index (χ0n) is 11.6. The average molecular weight is 348 g/mol. The van der Waals surface area contributed by atoms with E-state index in [0.29, 0.717) is 6.42 Å². The van der Waals surface area contributed by atoms with Crippen molar-refractivity contribution in [2.24, 2.45) is 0 Å². The van der Waals surface area contributed by atoms with Gasteiger partial charge in [-0.1, -0.05) is 40.2 Å². The molecule has 4 heteroatoms. The third kappa shape index (κ3) is 2.72. The summed E-state index contributed by atoms with van der Waals surface area (Å²) < 4.78 is 13.3. The van der Waals surface area contributed by atoms with Gasteiger partial charge < -0.3 is 4.90 Å². The Morgan fingerprint density at radius 2 is 1.90 bits per heavy atom. The molecule has 1 aliphatic rings. The molecule has 0 N–H and O–H groups in total. The van der Waals surface area contributed by atoms with Gasteiger partial charge in [0, 0.05) is 19.2 Å². The topological polar surface area (TPSA) is 20.3 Å². The SMILES string of the molecule is CN1C(=O)CCc2cc(C(Br)c3cccc(F)c3)ccc21. The molecular formula is C17H15BrFNO. The van der Waals surface area contributed by atoms with Gasteiger partial charge in [0.15, 0.2) is 0 Å². The third-order valence-corrected chi connectivity index (χ3v) is 4.94. The maximum absolute atomic E-state index is 13.3. The summed E-state index contributed by atoms with van der Waals surface area (Å²) in [5.74, 6) is -0.0870. The summed E-state index contributed by atoms with van der Waals surface area (Å²) in [6.07, 6.45) is 1.30. The van der Waals surface area contributed by atoms with Gasteiger partial charge in [-0.25, -0.2) is 4.39 Å². The molecule has 0 saturated heterocycles. The van der Waals surface area contributed by atoms with Gasteiger partial charge in [-0.3, -0.25) is 4.79 Å². The number of halogens is 2. The Hall–Kier alpha value is -1.68. The third-order valence-electron chi connectivity index (χ3n) is 3.88. The molecule has 1 aliphatic heterocycles. The van der Waals surface area contributed by atoms with Crippen LogP contribution in [0.25, 0.3) is 0 Å². The number of carbonyl (C=O) groups is 1. The van der Waals surface area contributed by atoms with Gasteiger partial charge in [-0.15, -0.1) is 0 Å². The number of nitrogens with zero attached hydrogens (tertiary/aromatic N) is 1. The molecule has 0 spiro atoms. The number of carbonyl (C=O) groups excluding carboxylic acids is 1. The molecule has 0 aliphatic carbocycles. The zero-order chi connectivity index (χ0) is 15.0. The number of hydrogen-bond acceptors (Lipinski definition) is 1. The van der Waals surface area contributed by atoms with Gasteiger partial charge in [0.1, 0.15) is 5.82 Å². The molecule has 0 bridgehead atoms. The lowest BCUT2D eigenvalue weighted by atomic mass is 9.96. The highest BCUT2D eigenvalue weighted by molar-refractivity contribution is 9.09. The number of benzene rings is 2. The quantitative estimate of drug-likeness (QED) is 0.745. The fourth-order valence-corrected chi connectivity index (χ4v) is 3.26. The number of fused-ring (bicyclic) bond motifs is 1. The smallest absolute Gasteiger partial charge is 0.227 e. The first-order valence-electron chi connectivity index (χ1n) is 6.85. The minimum absolute atomic E-state index is 0.0542. The van der Waals surface area contributed by atoms with Crippen LogP contribution in [0.5, 0.6) is 0 Å². The van der Waals surface area contributed by atoms with Gasteiger partial charge in [-0.05, 0) is 41.3 Å². The molecule has 0 saturated carbocycles. The largest absolute Gasteiger partial charge is 0.315 e. The molecule has 21 heavy (non-hydrogen) atoms. The van der Waals surface area contributed by atoms with Crippen LogP contribution < -0.4 is 4.90 Å². The second-order valence-corrected chi connectivity index (χ2v) is 6.17. The molecule has 2 aromatic rings. The number of hydrogen-bond donors (Lipinski definition) is 0. The maximum Gasteiger partial charge on any atom is 0.227 e. The molecule has 3 rings (SSSR count). The Labute approximate surface area is 131 Å². The van der Waals surface area contributed by atoms with Crippen LogP contribution in [0.3, 0.4) is 0 Å². The summed E-state index contributed by atoms with van der Waals surface area (Å²) in [5, 5.41) is 0. The maximum atomic E-state index is 13.3. The van der Waals surface area contributed by atoms with Crippen LogP contribution in [0.1, 0.15) is 27.9 Å². The van der Waals surface area contributed by atoms with E-state index in [-0.39, 0.29) is 16.6 Å². The van der Waals surface area contributed by atoms with Gasteiger partial charge in [-0.2, -0.15) is 0 Å². The Kier molecular flexibility index (Phi) is 3.81. The lowest BCUT2D eigenvalue weighted by molar-refractivity contribution is -0.118. The number of aryl methyl sites for hydroxylation is 1. The fourth-order valence-electron chi connectivity index (χ4n) is 2.69. The first-order valence-corrected chi connectivity index (χ1v) is 7.77. The summed E-state index contributed by atoms with van der Waals surface area (Å²) >= 11 is 3.64. The summed E-state index contributed by atoms with van der Waals surface area (Å²) in [4.78, 5) is 13.4. The Balaban J connectivity index is 1.95. The molecule has 2 nitrogen and oxygen atoms in total. The number of anilines is 1. The second kappa shape index (κ2) is 5.60. The van der Waals surface area contributed by atoms with E-state index in [1.807, 2.05) is 18.2 Å². The van der Waals surface area contributed by atoms with Crippen molar-refractivity contribution in [3.63, 3.8) is 0 Å². The van der Waals surface area contributed by atoms with E-state index in [4.69, 9.17) is 0 Å². The zero-order valence-corrected chi connectivity index (χ0v) is 13.2. The molecule has 0 aromatic heterocycles. The van der Waals surface area contributed by atoms with Crippen LogP contribution >= 0.6 is 15.9 Å². The van der Waals surface area contributed by atoms with E-state index >= 15 is 0 Å². The standard InChI is InChI=1S/C17H15BrFNO/c1-20-15-7-5-13(9-11(15)6-8-16(20)21)17(18)12-3-2-4-14(19)10-12/h2-5,7,9-10,17H,6,8H2,1H3. The summed E-state index contributed by atoms with van der Waals surface area (Å²) in [6, 6.07) is 12.6. The van der Waals surface area contributed by atoms with Crippen LogP contribution in [0.15, 0.2) is 42.5 Å². The van der Waals surface area contributed by atoms with E-state index in [9.17, 15) is 9.18 Å². The van der Waals surface area contributed by atoms with Crippen LogP contribution in [0, 0.1) is 5.82 Å². The highest BCUT2D eigenvalue weighted by Gasteiger charge is 2.22. The molecule has 0 fully saturated rings. The predicted molar refractivity (Wildman–Crippen MR) is 85.3 cm³/mol. The molecule has 1 heterocycles. The lowest BCUT2D eigenvalue weighted by Crippen LogP contribution is -2.31. The van der Waals surface area contributed by atoms with Crippen molar-refractivity contribution in [1.82, 2.24) is 0 Å². The van der Waals surface area contributed by atoms with Crippen LogP contribution in [0.4, 0.5) is 10.1 Å². The van der Waals surface area contributed by atoms with Gasteiger partial charge in [0.05, 0.1) is 4.83 Å². The molecule has 0 radical (unpaired) electrons. The highest BCUT2D eigenvalue weighted by Crippen LogP contribution is 2.35. The predicted octanol–water partition coefficient (Wildman–Crippen LogP) is 4.22. The lowest BCUT2D eigenvalue weighted by Gasteiger charge is -2.26. The summed E-state index contributed by atoms with van der Waals surface area (Å²) in [7, 11) is 1.80. The molecule has 1 unspecified atom stereocenters. The van der Waals surface area contributed by atoms with Crippen molar-refractivity contribution < 1.29 is 9.18 Å². The first-order chi connectivity index (χ1) is 10.1. The van der Waals surface area contributed by atoms with Crippen LogP contribution in [-0.4, -0.2) is 13.0 Å². The monoisotopic (exact) mass is 347 g/mol. The van der Waals surface area contributed by atoms with Gasteiger partial charge in [0.25, 0.3) is 0 Å². The van der Waals surface area contributed by atoms with Crippen molar-refractivity contribution in [2.45, 2.75) is 17.7 Å². The summed E-state index contributed by atoms with van der Waals surface area (Å²) in [6.45, 7) is 0. The van der Waals surface area contributed by atoms with Crippen molar-refractivity contribution in [3.05, 3.63) is 65.0 Å². The highest BCUT2D eigenvalue weighted by atomic mass is 79.9. The molecule has 2 aromatic carbocycles. The Bertz CT molecular complexity index is 701. The minimum atomic E-state index is -0.236. The summed E-state index contributed by atoms with van der Waals surface area (Å²) in [5.41, 5.74) is 4.08. The van der Waals surface area contributed by atoms with Crippen molar-refractivity contribution in [1.29, 1.82) is 0 Å². The van der Waals surface area contributed by atoms with Crippen LogP contribution in [-0.2, 0) is 11.2 Å². The normalized spacial score (nSPS) is 15.8. The van der Waals surface area contributed by atoms with E-state index in [0.717, 1.165) is 28.8 Å². The van der Waals surface area contributed by atoms with Gasteiger partial charge in [0.2, 0.25) is 5.91 Å². The minimum Gasteiger partial charge on any atom is -0.315 e. The average Bonchev–Trinajstić information content (AvgIpc) is 2.50. The molecule has 1 amide bonds. The van der Waals surface area contributed by atoms with E-state index in [1.165, 1.54) is 12.1 Å². The first kappa shape index (κ1) is 14.3. The second-order valence-electron chi connectivity index (χ2n) is 5.26. The van der Waals surface area contributed by atoms with E-state index in [2.05, 4.69) is 22.0 Å². The number of rotatable bonds is 2. The van der Waals surface area contributed by atoms with Crippen molar-refractivity contribution in [3.8, 4) is 0 Å². The van der Waals surface area contributed by atoms with Gasteiger partial charge >= 0.3 is 0 Å². The number of amides is 1.